The maximum atomic E-state index is 11.9. The van der Waals surface area contributed by atoms with E-state index in [1.807, 2.05) is 19.1 Å². The molecule has 24 heavy (non-hydrogen) atoms. The van der Waals surface area contributed by atoms with Crippen LogP contribution in [0.5, 0.6) is 0 Å². The molecule has 7 nitrogen and oxygen atoms in total. The highest BCUT2D eigenvalue weighted by Crippen LogP contribution is 2.18. The third-order valence-electron chi connectivity index (χ3n) is 4.10. The van der Waals surface area contributed by atoms with Gasteiger partial charge in [-0.1, -0.05) is 13.3 Å². The molecule has 2 rings (SSSR count). The lowest BCUT2D eigenvalue weighted by Gasteiger charge is -2.27. The number of amides is 1. The zero-order chi connectivity index (χ0) is 17.4. The molecular weight excluding hydrogens is 308 g/mol. The molecule has 0 radical (unpaired) electrons. The van der Waals surface area contributed by atoms with Gasteiger partial charge in [0.1, 0.15) is 11.9 Å². The molecule has 3 N–H and O–H groups in total. The molecule has 1 atom stereocenters. The van der Waals surface area contributed by atoms with E-state index in [9.17, 15) is 9.59 Å². The Hall–Kier alpha value is -2.15. The second-order valence-electron chi connectivity index (χ2n) is 6.06. The predicted molar refractivity (Wildman–Crippen MR) is 93.3 cm³/mol. The van der Waals surface area contributed by atoms with Crippen LogP contribution in [-0.2, 0) is 9.59 Å². The molecule has 2 heterocycles. The molecule has 0 aromatic carbocycles. The minimum absolute atomic E-state index is 0.0369. The van der Waals surface area contributed by atoms with Gasteiger partial charge in [-0.05, 0) is 37.8 Å². The number of rotatable bonds is 8. The van der Waals surface area contributed by atoms with Crippen molar-refractivity contribution in [2.45, 2.75) is 45.1 Å². The molecule has 0 aliphatic carbocycles. The molecule has 1 saturated heterocycles. The van der Waals surface area contributed by atoms with Gasteiger partial charge in [0, 0.05) is 13.1 Å². The molecule has 0 spiro atoms. The molecule has 1 amide bonds. The first kappa shape index (κ1) is 18.2. The van der Waals surface area contributed by atoms with Gasteiger partial charge in [0.05, 0.1) is 18.4 Å². The van der Waals surface area contributed by atoms with Crippen molar-refractivity contribution < 1.29 is 14.7 Å². The summed E-state index contributed by atoms with van der Waals surface area (Å²) in [4.78, 5) is 29.6. The quantitative estimate of drug-likeness (QED) is 0.672. The number of pyridine rings is 1. The number of nitrogens with zero attached hydrogens (tertiary/aromatic N) is 2. The van der Waals surface area contributed by atoms with Gasteiger partial charge < -0.3 is 15.3 Å². The van der Waals surface area contributed by atoms with E-state index < -0.39 is 12.0 Å². The van der Waals surface area contributed by atoms with Crippen LogP contribution < -0.4 is 15.5 Å². The van der Waals surface area contributed by atoms with Crippen LogP contribution in [0.4, 0.5) is 11.5 Å². The zero-order valence-corrected chi connectivity index (χ0v) is 14.1. The largest absolute Gasteiger partial charge is 0.480 e. The van der Waals surface area contributed by atoms with Gasteiger partial charge in [-0.2, -0.15) is 0 Å². The van der Waals surface area contributed by atoms with Crippen molar-refractivity contribution in [2.24, 2.45) is 0 Å². The van der Waals surface area contributed by atoms with Crippen molar-refractivity contribution >= 4 is 23.4 Å². The normalized spacial score (nSPS) is 15.8. The van der Waals surface area contributed by atoms with Crippen LogP contribution in [0.25, 0.3) is 0 Å². The fraction of sp³-hybridized carbons (Fsp3) is 0.588. The van der Waals surface area contributed by atoms with Gasteiger partial charge in [-0.25, -0.2) is 4.98 Å². The number of carbonyl (C=O) groups is 2. The third-order valence-corrected chi connectivity index (χ3v) is 4.10. The molecule has 1 unspecified atom stereocenters. The summed E-state index contributed by atoms with van der Waals surface area (Å²) in [6, 6.07) is 3.04. The van der Waals surface area contributed by atoms with Gasteiger partial charge in [0.15, 0.2) is 0 Å². The van der Waals surface area contributed by atoms with Gasteiger partial charge in [0.2, 0.25) is 5.91 Å². The van der Waals surface area contributed by atoms with Gasteiger partial charge in [-0.15, -0.1) is 0 Å². The topological polar surface area (TPSA) is 94.6 Å². The first-order valence-electron chi connectivity index (χ1n) is 8.57. The van der Waals surface area contributed by atoms with E-state index in [1.165, 1.54) is 19.3 Å². The average Bonchev–Trinajstić information content (AvgIpc) is 2.60. The standard InChI is InChI=1S/C17H26N4O3/c1-2-6-14(17(23)24)18-12-16(22)20-13-7-8-15(19-11-13)21-9-4-3-5-10-21/h7-8,11,14,18H,2-6,9-10,12H2,1H3,(H,20,22)(H,23,24). The summed E-state index contributed by atoms with van der Waals surface area (Å²) >= 11 is 0. The van der Waals surface area contributed by atoms with Crippen molar-refractivity contribution in [3.8, 4) is 0 Å². The van der Waals surface area contributed by atoms with Crippen LogP contribution in [0.3, 0.4) is 0 Å². The highest BCUT2D eigenvalue weighted by atomic mass is 16.4. The Labute approximate surface area is 142 Å². The number of piperidine rings is 1. The lowest BCUT2D eigenvalue weighted by molar-refractivity contribution is -0.139. The Morgan fingerprint density at radius 2 is 2.04 bits per heavy atom. The highest BCUT2D eigenvalue weighted by molar-refractivity contribution is 5.92. The minimum Gasteiger partial charge on any atom is -0.480 e. The van der Waals surface area contributed by atoms with E-state index in [-0.39, 0.29) is 12.5 Å². The Balaban J connectivity index is 1.82. The first-order valence-corrected chi connectivity index (χ1v) is 8.57. The monoisotopic (exact) mass is 334 g/mol. The van der Waals surface area contributed by atoms with Gasteiger partial charge in [-0.3, -0.25) is 14.9 Å². The smallest absolute Gasteiger partial charge is 0.320 e. The average molecular weight is 334 g/mol. The second-order valence-corrected chi connectivity index (χ2v) is 6.06. The fourth-order valence-corrected chi connectivity index (χ4v) is 2.79. The molecule has 1 aromatic rings. The molecule has 1 aliphatic rings. The number of anilines is 2. The molecule has 1 aliphatic heterocycles. The van der Waals surface area contributed by atoms with Crippen molar-refractivity contribution in [3.63, 3.8) is 0 Å². The van der Waals surface area contributed by atoms with Gasteiger partial charge >= 0.3 is 5.97 Å². The predicted octanol–water partition coefficient (Wildman–Crippen LogP) is 1.85. The third kappa shape index (κ3) is 5.49. The maximum Gasteiger partial charge on any atom is 0.320 e. The summed E-state index contributed by atoms with van der Waals surface area (Å²) in [6.07, 6.45) is 6.53. The number of carbonyl (C=O) groups excluding carboxylic acids is 1. The molecular formula is C17H26N4O3. The molecule has 0 saturated carbocycles. The summed E-state index contributed by atoms with van der Waals surface area (Å²) in [6.45, 7) is 3.92. The van der Waals surface area contributed by atoms with Crippen molar-refractivity contribution in [2.75, 3.05) is 29.9 Å². The highest BCUT2D eigenvalue weighted by Gasteiger charge is 2.17. The number of hydrogen-bond donors (Lipinski definition) is 3. The Morgan fingerprint density at radius 1 is 1.29 bits per heavy atom. The van der Waals surface area contributed by atoms with Crippen molar-refractivity contribution in [1.29, 1.82) is 0 Å². The summed E-state index contributed by atoms with van der Waals surface area (Å²) in [5.41, 5.74) is 0.616. The Morgan fingerprint density at radius 3 is 2.62 bits per heavy atom. The van der Waals surface area contributed by atoms with E-state index in [0.717, 1.165) is 25.3 Å². The summed E-state index contributed by atoms with van der Waals surface area (Å²) in [5.74, 6) is -0.276. The van der Waals surface area contributed by atoms with Crippen molar-refractivity contribution in [1.82, 2.24) is 10.3 Å². The zero-order valence-electron chi connectivity index (χ0n) is 14.1. The van der Waals surface area contributed by atoms with Crippen LogP contribution in [0.1, 0.15) is 39.0 Å². The van der Waals surface area contributed by atoms with E-state index in [2.05, 4.69) is 20.5 Å². The van der Waals surface area contributed by atoms with Crippen LogP contribution in [0.15, 0.2) is 18.3 Å². The summed E-state index contributed by atoms with van der Waals surface area (Å²) < 4.78 is 0. The van der Waals surface area contributed by atoms with E-state index >= 15 is 0 Å². The van der Waals surface area contributed by atoms with E-state index in [0.29, 0.717) is 12.1 Å². The van der Waals surface area contributed by atoms with Crippen LogP contribution in [-0.4, -0.2) is 47.6 Å². The molecule has 1 fully saturated rings. The Kier molecular flexibility index (Phi) is 6.99. The lowest BCUT2D eigenvalue weighted by atomic mass is 10.1. The van der Waals surface area contributed by atoms with Crippen LogP contribution in [0.2, 0.25) is 0 Å². The SMILES string of the molecule is CCCC(NCC(=O)Nc1ccc(N2CCCCC2)nc1)C(=O)O. The van der Waals surface area contributed by atoms with Crippen molar-refractivity contribution in [3.05, 3.63) is 18.3 Å². The fourth-order valence-electron chi connectivity index (χ4n) is 2.79. The molecule has 0 bridgehead atoms. The van der Waals surface area contributed by atoms with Gasteiger partial charge in [0.25, 0.3) is 0 Å². The van der Waals surface area contributed by atoms with E-state index in [1.54, 1.807) is 6.20 Å². The first-order chi connectivity index (χ1) is 11.6. The number of carboxylic acid groups (broad SMARTS) is 1. The lowest BCUT2D eigenvalue weighted by Crippen LogP contribution is -2.41. The number of carboxylic acids is 1. The number of aromatic nitrogens is 1. The molecule has 1 aromatic heterocycles. The Bertz CT molecular complexity index is 541. The minimum atomic E-state index is -0.933. The second kappa shape index (κ2) is 9.22. The summed E-state index contributed by atoms with van der Waals surface area (Å²) in [5, 5.41) is 14.5. The van der Waals surface area contributed by atoms with Crippen LogP contribution in [0, 0.1) is 0 Å². The number of hydrogen-bond acceptors (Lipinski definition) is 5. The number of nitrogens with one attached hydrogen (secondary N) is 2. The molecule has 7 heteroatoms. The molecule has 132 valence electrons. The van der Waals surface area contributed by atoms with E-state index in [4.69, 9.17) is 5.11 Å². The summed E-state index contributed by atoms with van der Waals surface area (Å²) in [7, 11) is 0. The number of aliphatic carboxylic acids is 1. The maximum absolute atomic E-state index is 11.9. The van der Waals surface area contributed by atoms with Crippen LogP contribution >= 0.6 is 0 Å².